The van der Waals surface area contributed by atoms with Gasteiger partial charge in [0.15, 0.2) is 0 Å². The topological polar surface area (TPSA) is 83.0 Å². The molecule has 0 amide bonds. The van der Waals surface area contributed by atoms with E-state index in [4.69, 9.17) is 0 Å². The van der Waals surface area contributed by atoms with Crippen LogP contribution in [0.2, 0.25) is 0 Å². The number of hydrogen-bond acceptors (Lipinski definition) is 6. The van der Waals surface area contributed by atoms with E-state index in [2.05, 4.69) is 51.6 Å². The molecule has 1 atom stereocenters. The number of nitrogens with zero attached hydrogens (tertiary/aromatic N) is 3. The Labute approximate surface area is 153 Å². The molecule has 3 aromatic rings. The average Bonchev–Trinajstić information content (AvgIpc) is 2.65. The van der Waals surface area contributed by atoms with E-state index in [-0.39, 0.29) is 12.6 Å². The van der Waals surface area contributed by atoms with Crippen LogP contribution in [0, 0.1) is 13.8 Å². The lowest BCUT2D eigenvalue weighted by molar-refractivity contribution is 0.281. The fraction of sp³-hybridized carbons (Fsp3) is 0.250. The Morgan fingerprint density at radius 3 is 2.50 bits per heavy atom. The molecular weight excluding hydrogens is 326 g/mol. The van der Waals surface area contributed by atoms with Gasteiger partial charge in [0.05, 0.1) is 12.3 Å². The Kier molecular flexibility index (Phi) is 5.43. The van der Waals surface area contributed by atoms with Crippen molar-refractivity contribution in [3.63, 3.8) is 0 Å². The molecule has 1 aromatic carbocycles. The maximum absolute atomic E-state index is 9.32. The Morgan fingerprint density at radius 2 is 1.85 bits per heavy atom. The lowest BCUT2D eigenvalue weighted by Gasteiger charge is -2.16. The van der Waals surface area contributed by atoms with Gasteiger partial charge in [-0.1, -0.05) is 18.2 Å². The van der Waals surface area contributed by atoms with Gasteiger partial charge in [-0.05, 0) is 44.0 Å². The van der Waals surface area contributed by atoms with Crippen molar-refractivity contribution in [3.05, 3.63) is 59.9 Å². The summed E-state index contributed by atoms with van der Waals surface area (Å²) in [7, 11) is 0. The van der Waals surface area contributed by atoms with Crippen molar-refractivity contribution in [2.75, 3.05) is 17.2 Å². The minimum Gasteiger partial charge on any atom is -0.394 e. The van der Waals surface area contributed by atoms with E-state index >= 15 is 0 Å². The molecule has 0 aliphatic rings. The second-order valence-corrected chi connectivity index (χ2v) is 6.32. The smallest absolute Gasteiger partial charge is 0.225 e. The number of pyridine rings is 1. The van der Waals surface area contributed by atoms with Crippen molar-refractivity contribution in [2.24, 2.45) is 0 Å². The van der Waals surface area contributed by atoms with Crippen molar-refractivity contribution in [3.8, 4) is 11.3 Å². The van der Waals surface area contributed by atoms with Crippen molar-refractivity contribution >= 4 is 17.5 Å². The van der Waals surface area contributed by atoms with Gasteiger partial charge in [-0.25, -0.2) is 4.98 Å². The van der Waals surface area contributed by atoms with Crippen LogP contribution in [0.1, 0.15) is 18.1 Å². The highest BCUT2D eigenvalue weighted by Crippen LogP contribution is 2.27. The normalized spacial score (nSPS) is 11.8. The molecule has 26 heavy (non-hydrogen) atoms. The summed E-state index contributed by atoms with van der Waals surface area (Å²) in [5.41, 5.74) is 4.98. The van der Waals surface area contributed by atoms with Gasteiger partial charge in [-0.15, -0.1) is 0 Å². The third kappa shape index (κ3) is 4.15. The summed E-state index contributed by atoms with van der Waals surface area (Å²) in [6.07, 6.45) is 3.50. The molecule has 6 nitrogen and oxygen atoms in total. The zero-order chi connectivity index (χ0) is 18.5. The van der Waals surface area contributed by atoms with Crippen LogP contribution < -0.4 is 10.6 Å². The lowest BCUT2D eigenvalue weighted by atomic mass is 10.1. The summed E-state index contributed by atoms with van der Waals surface area (Å²) >= 11 is 0. The van der Waals surface area contributed by atoms with E-state index in [1.807, 2.05) is 31.2 Å². The van der Waals surface area contributed by atoms with Gasteiger partial charge < -0.3 is 15.7 Å². The first-order chi connectivity index (χ1) is 12.6. The van der Waals surface area contributed by atoms with Gasteiger partial charge in [0.2, 0.25) is 5.95 Å². The summed E-state index contributed by atoms with van der Waals surface area (Å²) in [5, 5.41) is 15.8. The van der Waals surface area contributed by atoms with Crippen LogP contribution >= 0.6 is 0 Å². The molecule has 2 aromatic heterocycles. The fourth-order valence-corrected chi connectivity index (χ4v) is 2.64. The molecule has 0 aliphatic carbocycles. The quantitative estimate of drug-likeness (QED) is 0.629. The second kappa shape index (κ2) is 7.93. The predicted molar refractivity (Wildman–Crippen MR) is 105 cm³/mol. The number of aliphatic hydroxyl groups is 1. The summed E-state index contributed by atoms with van der Waals surface area (Å²) in [6, 6.07) is 11.7. The Balaban J connectivity index is 2.02. The van der Waals surface area contributed by atoms with Crippen LogP contribution in [0.3, 0.4) is 0 Å². The number of nitrogens with one attached hydrogen (secondary N) is 2. The summed E-state index contributed by atoms with van der Waals surface area (Å²) in [6.45, 7) is 6.00. The molecule has 0 radical (unpaired) electrons. The molecule has 0 aliphatic heterocycles. The van der Waals surface area contributed by atoms with Gasteiger partial charge in [0.1, 0.15) is 5.82 Å². The van der Waals surface area contributed by atoms with Gasteiger partial charge in [0.25, 0.3) is 0 Å². The van der Waals surface area contributed by atoms with Crippen LogP contribution in [0.25, 0.3) is 11.3 Å². The minimum absolute atomic E-state index is 0.000142. The first-order valence-corrected chi connectivity index (χ1v) is 8.57. The van der Waals surface area contributed by atoms with Crippen LogP contribution in [0.15, 0.2) is 48.8 Å². The maximum Gasteiger partial charge on any atom is 0.225 e. The van der Waals surface area contributed by atoms with Crippen molar-refractivity contribution in [1.82, 2.24) is 15.0 Å². The molecule has 3 rings (SSSR count). The number of para-hydroxylation sites is 1. The molecule has 0 saturated heterocycles. The third-order valence-corrected chi connectivity index (χ3v) is 4.07. The molecule has 2 heterocycles. The van der Waals surface area contributed by atoms with Crippen molar-refractivity contribution < 1.29 is 5.11 Å². The SMILES string of the molecule is Cc1cccc(C)c1Nc1cc(-c2cccnc2)nc(N[C@H](C)CO)n1. The molecule has 0 fully saturated rings. The summed E-state index contributed by atoms with van der Waals surface area (Å²) in [5.74, 6) is 1.14. The van der Waals surface area contributed by atoms with Gasteiger partial charge in [0, 0.05) is 35.8 Å². The molecule has 0 unspecified atom stereocenters. The Morgan fingerprint density at radius 1 is 1.08 bits per heavy atom. The van der Waals surface area contributed by atoms with E-state index in [0.717, 1.165) is 28.1 Å². The zero-order valence-corrected chi connectivity index (χ0v) is 15.2. The summed E-state index contributed by atoms with van der Waals surface area (Å²) in [4.78, 5) is 13.3. The van der Waals surface area contributed by atoms with E-state index in [9.17, 15) is 5.11 Å². The van der Waals surface area contributed by atoms with E-state index in [1.54, 1.807) is 12.4 Å². The van der Waals surface area contributed by atoms with Crippen LogP contribution in [-0.2, 0) is 0 Å². The second-order valence-electron chi connectivity index (χ2n) is 6.32. The number of hydrogen-bond donors (Lipinski definition) is 3. The largest absolute Gasteiger partial charge is 0.394 e. The number of aryl methyl sites for hydroxylation is 2. The van der Waals surface area contributed by atoms with Crippen molar-refractivity contribution in [1.29, 1.82) is 0 Å². The van der Waals surface area contributed by atoms with E-state index in [1.165, 1.54) is 0 Å². The highest BCUT2D eigenvalue weighted by atomic mass is 16.3. The number of rotatable bonds is 6. The predicted octanol–water partition coefficient (Wildman–Crippen LogP) is 3.69. The molecule has 3 N–H and O–H groups in total. The number of aliphatic hydroxyl groups excluding tert-OH is 1. The Bertz CT molecular complexity index is 862. The molecule has 6 heteroatoms. The molecule has 0 spiro atoms. The molecular formula is C20H23N5O. The molecule has 0 bridgehead atoms. The molecule has 134 valence electrons. The minimum atomic E-state index is -0.146. The van der Waals surface area contributed by atoms with Crippen LogP contribution in [0.4, 0.5) is 17.5 Å². The first kappa shape index (κ1) is 17.8. The third-order valence-electron chi connectivity index (χ3n) is 4.07. The van der Waals surface area contributed by atoms with Crippen LogP contribution in [0.5, 0.6) is 0 Å². The Hall–Kier alpha value is -2.99. The number of anilines is 3. The fourth-order valence-electron chi connectivity index (χ4n) is 2.64. The number of aromatic nitrogens is 3. The summed E-state index contributed by atoms with van der Waals surface area (Å²) < 4.78 is 0. The van der Waals surface area contributed by atoms with Gasteiger partial charge in [-0.3, -0.25) is 4.98 Å². The molecule has 0 saturated carbocycles. The number of benzene rings is 1. The van der Waals surface area contributed by atoms with E-state index < -0.39 is 0 Å². The first-order valence-electron chi connectivity index (χ1n) is 8.57. The average molecular weight is 349 g/mol. The van der Waals surface area contributed by atoms with Gasteiger partial charge in [-0.2, -0.15) is 4.98 Å². The lowest BCUT2D eigenvalue weighted by Crippen LogP contribution is -2.21. The van der Waals surface area contributed by atoms with Gasteiger partial charge >= 0.3 is 0 Å². The van der Waals surface area contributed by atoms with E-state index in [0.29, 0.717) is 11.8 Å². The maximum atomic E-state index is 9.32. The monoisotopic (exact) mass is 349 g/mol. The zero-order valence-electron chi connectivity index (χ0n) is 15.2. The van der Waals surface area contributed by atoms with Crippen LogP contribution in [-0.4, -0.2) is 32.7 Å². The standard InChI is InChI=1S/C20H23N5O/c1-13-6-4-7-14(2)19(13)24-18-10-17(16-8-5-9-21-11-16)23-20(25-18)22-15(3)12-26/h4-11,15,26H,12H2,1-3H3,(H2,22,23,24,25)/t15-/m1/s1. The van der Waals surface area contributed by atoms with Crippen molar-refractivity contribution in [2.45, 2.75) is 26.8 Å². The highest BCUT2D eigenvalue weighted by molar-refractivity contribution is 5.69. The highest BCUT2D eigenvalue weighted by Gasteiger charge is 2.11.